The van der Waals surface area contributed by atoms with Gasteiger partial charge in [-0.3, -0.25) is 0 Å². The van der Waals surface area contributed by atoms with Crippen molar-refractivity contribution in [1.82, 2.24) is 0 Å². The molecule has 2 unspecified atom stereocenters. The van der Waals surface area contributed by atoms with Gasteiger partial charge >= 0.3 is 0 Å². The van der Waals surface area contributed by atoms with Crippen LogP contribution in [0.15, 0.2) is 0 Å². The molecule has 36 heavy (non-hydrogen) atoms. The molecule has 0 bridgehead atoms. The van der Waals surface area contributed by atoms with E-state index in [2.05, 4.69) is 6.92 Å². The van der Waals surface area contributed by atoms with Gasteiger partial charge in [-0.15, -0.1) is 0 Å². The summed E-state index contributed by atoms with van der Waals surface area (Å²) in [5, 5.41) is 7.00. The molecular formula is C35H66O. The number of rotatable bonds is 9. The van der Waals surface area contributed by atoms with Gasteiger partial charge in [0.15, 0.2) is 0 Å². The summed E-state index contributed by atoms with van der Waals surface area (Å²) < 4.78 is 0. The lowest BCUT2D eigenvalue weighted by atomic mass is 9.62. The molecule has 3 atom stereocenters. The molecule has 4 rings (SSSR count). The van der Waals surface area contributed by atoms with Crippen LogP contribution in [0.4, 0.5) is 0 Å². The monoisotopic (exact) mass is 503 g/mol. The molecule has 4 fully saturated rings. The van der Waals surface area contributed by atoms with Crippen molar-refractivity contribution in [2.45, 2.75) is 174 Å². The van der Waals surface area contributed by atoms with Gasteiger partial charge in [-0.2, -0.15) is 0 Å². The average Bonchev–Trinajstić information content (AvgIpc) is 3.21. The van der Waals surface area contributed by atoms with Crippen LogP contribution in [0.1, 0.15) is 174 Å². The Labute approximate surface area is 227 Å². The SMILES string of the molecule is CC[C@H](C1CCCCCCC1)C(CC(CC1CCCCC1)C1CCCCCC1)C1CCCCC1.CO. The fraction of sp³-hybridized carbons (Fsp3) is 1.00. The Morgan fingerprint density at radius 2 is 0.833 bits per heavy atom. The highest BCUT2D eigenvalue weighted by molar-refractivity contribution is 4.88. The van der Waals surface area contributed by atoms with Crippen LogP contribution in [0.25, 0.3) is 0 Å². The average molecular weight is 503 g/mol. The van der Waals surface area contributed by atoms with E-state index in [4.69, 9.17) is 5.11 Å². The minimum Gasteiger partial charge on any atom is -0.400 e. The van der Waals surface area contributed by atoms with Gasteiger partial charge in [0.05, 0.1) is 0 Å². The summed E-state index contributed by atoms with van der Waals surface area (Å²) in [6.45, 7) is 2.60. The lowest BCUT2D eigenvalue weighted by Crippen LogP contribution is -2.34. The van der Waals surface area contributed by atoms with Gasteiger partial charge < -0.3 is 5.11 Å². The normalized spacial score (nSPS) is 27.1. The molecular weight excluding hydrogens is 436 g/mol. The first kappa shape index (κ1) is 30.5. The number of hydrogen-bond donors (Lipinski definition) is 1. The van der Waals surface area contributed by atoms with E-state index in [1.807, 2.05) is 0 Å². The largest absolute Gasteiger partial charge is 0.400 e. The molecule has 0 aromatic heterocycles. The zero-order valence-electron chi connectivity index (χ0n) is 24.9. The van der Waals surface area contributed by atoms with Crippen molar-refractivity contribution >= 4 is 0 Å². The quantitative estimate of drug-likeness (QED) is 0.311. The topological polar surface area (TPSA) is 20.2 Å². The molecule has 0 aromatic rings. The predicted octanol–water partition coefficient (Wildman–Crippen LogP) is 11.1. The lowest BCUT2D eigenvalue weighted by molar-refractivity contribution is 0.0656. The zero-order chi connectivity index (χ0) is 25.4. The summed E-state index contributed by atoms with van der Waals surface area (Å²) in [4.78, 5) is 0. The van der Waals surface area contributed by atoms with Gasteiger partial charge in [-0.1, -0.05) is 161 Å². The fourth-order valence-electron chi connectivity index (χ4n) is 9.64. The Kier molecular flexibility index (Phi) is 15.5. The van der Waals surface area contributed by atoms with Gasteiger partial charge in [0.1, 0.15) is 0 Å². The Balaban J connectivity index is 0.00000176. The van der Waals surface area contributed by atoms with Crippen molar-refractivity contribution in [2.75, 3.05) is 7.11 Å². The van der Waals surface area contributed by atoms with Crippen molar-refractivity contribution in [1.29, 1.82) is 0 Å². The molecule has 0 radical (unpaired) electrons. The minimum atomic E-state index is 1.00. The summed E-state index contributed by atoms with van der Waals surface area (Å²) in [6, 6.07) is 0. The molecule has 0 aliphatic heterocycles. The summed E-state index contributed by atoms with van der Waals surface area (Å²) in [6.07, 6.45) is 40.3. The van der Waals surface area contributed by atoms with Crippen LogP contribution in [0, 0.1) is 41.4 Å². The van der Waals surface area contributed by atoms with E-state index in [0.29, 0.717) is 0 Å². The van der Waals surface area contributed by atoms with Crippen LogP contribution in [0.2, 0.25) is 0 Å². The first-order valence-electron chi connectivity index (χ1n) is 17.3. The van der Waals surface area contributed by atoms with Crippen molar-refractivity contribution < 1.29 is 5.11 Å². The predicted molar refractivity (Wildman–Crippen MR) is 158 cm³/mol. The van der Waals surface area contributed by atoms with Gasteiger partial charge in [-0.05, 0) is 54.3 Å². The minimum absolute atomic E-state index is 1.00. The van der Waals surface area contributed by atoms with Crippen LogP contribution < -0.4 is 0 Å². The van der Waals surface area contributed by atoms with E-state index in [0.717, 1.165) is 48.5 Å². The molecule has 0 heterocycles. The highest BCUT2D eigenvalue weighted by Crippen LogP contribution is 2.48. The molecule has 4 aliphatic carbocycles. The van der Waals surface area contributed by atoms with E-state index < -0.39 is 0 Å². The molecule has 0 spiro atoms. The Morgan fingerprint density at radius 1 is 0.472 bits per heavy atom. The van der Waals surface area contributed by atoms with Crippen molar-refractivity contribution in [3.05, 3.63) is 0 Å². The van der Waals surface area contributed by atoms with Crippen molar-refractivity contribution in [3.8, 4) is 0 Å². The Bertz CT molecular complexity index is 501. The number of hydrogen-bond acceptors (Lipinski definition) is 1. The molecule has 0 aromatic carbocycles. The van der Waals surface area contributed by atoms with Crippen molar-refractivity contribution in [3.63, 3.8) is 0 Å². The third-order valence-electron chi connectivity index (χ3n) is 11.5. The summed E-state index contributed by atoms with van der Waals surface area (Å²) in [5.41, 5.74) is 0. The standard InChI is InChI=1S/C34H62.CH4O/c1-2-33(30-22-14-4-3-5-15-23-30)34(31-24-16-9-17-25-31)27-32(26-28-18-10-8-11-19-28)29-20-12-6-7-13-21-29;1-2/h28-34H,2-27H2,1H3;2H,1H3/t32?,33-,34?;/m1./s1. The van der Waals surface area contributed by atoms with Crippen LogP contribution in [-0.2, 0) is 0 Å². The maximum Gasteiger partial charge on any atom is 0.0319 e. The molecule has 0 saturated heterocycles. The number of aliphatic hydroxyl groups excluding tert-OH is 1. The number of aliphatic hydroxyl groups is 1. The van der Waals surface area contributed by atoms with Gasteiger partial charge in [0.2, 0.25) is 0 Å². The summed E-state index contributed by atoms with van der Waals surface area (Å²) >= 11 is 0. The molecule has 0 amide bonds. The lowest BCUT2D eigenvalue weighted by Gasteiger charge is -2.44. The Hall–Kier alpha value is -0.0400. The van der Waals surface area contributed by atoms with Crippen LogP contribution >= 0.6 is 0 Å². The fourth-order valence-corrected chi connectivity index (χ4v) is 9.64. The van der Waals surface area contributed by atoms with E-state index in [-0.39, 0.29) is 0 Å². The summed E-state index contributed by atoms with van der Waals surface area (Å²) in [5.74, 6) is 7.45. The van der Waals surface area contributed by atoms with E-state index in [9.17, 15) is 0 Å². The molecule has 1 nitrogen and oxygen atoms in total. The Morgan fingerprint density at radius 3 is 1.31 bits per heavy atom. The smallest absolute Gasteiger partial charge is 0.0319 e. The van der Waals surface area contributed by atoms with E-state index in [1.54, 1.807) is 89.9 Å². The second kappa shape index (κ2) is 18.3. The highest BCUT2D eigenvalue weighted by Gasteiger charge is 2.38. The van der Waals surface area contributed by atoms with Crippen LogP contribution in [0.3, 0.4) is 0 Å². The maximum absolute atomic E-state index is 7.00. The van der Waals surface area contributed by atoms with Crippen LogP contribution in [-0.4, -0.2) is 12.2 Å². The molecule has 1 N–H and O–H groups in total. The van der Waals surface area contributed by atoms with Gasteiger partial charge in [0, 0.05) is 7.11 Å². The third-order valence-corrected chi connectivity index (χ3v) is 11.5. The first-order chi connectivity index (χ1) is 17.8. The second-order valence-electron chi connectivity index (χ2n) is 13.7. The third kappa shape index (κ3) is 9.93. The second-order valence-corrected chi connectivity index (χ2v) is 13.7. The first-order valence-corrected chi connectivity index (χ1v) is 17.3. The van der Waals surface area contributed by atoms with Gasteiger partial charge in [-0.25, -0.2) is 0 Å². The van der Waals surface area contributed by atoms with Gasteiger partial charge in [0.25, 0.3) is 0 Å². The van der Waals surface area contributed by atoms with Crippen LogP contribution in [0.5, 0.6) is 0 Å². The zero-order valence-corrected chi connectivity index (χ0v) is 24.9. The van der Waals surface area contributed by atoms with E-state index in [1.165, 1.54) is 77.0 Å². The highest BCUT2D eigenvalue weighted by atomic mass is 16.2. The van der Waals surface area contributed by atoms with Crippen molar-refractivity contribution in [2.24, 2.45) is 41.4 Å². The molecule has 4 saturated carbocycles. The molecule has 4 aliphatic rings. The summed E-state index contributed by atoms with van der Waals surface area (Å²) in [7, 11) is 1.00. The molecule has 1 heteroatoms. The van der Waals surface area contributed by atoms with E-state index >= 15 is 0 Å². The maximum atomic E-state index is 7.00. The molecule has 212 valence electrons.